The van der Waals surface area contributed by atoms with E-state index in [2.05, 4.69) is 10.3 Å². The Hall–Kier alpha value is -3.18. The molecule has 4 rings (SSSR count). The number of allylic oxidation sites excluding steroid dienone is 2. The summed E-state index contributed by atoms with van der Waals surface area (Å²) in [6.45, 7) is 1.07. The molecule has 1 aromatic heterocycles. The van der Waals surface area contributed by atoms with Crippen molar-refractivity contribution in [2.24, 2.45) is 0 Å². The van der Waals surface area contributed by atoms with Crippen molar-refractivity contribution in [2.45, 2.75) is 19.1 Å². The molecule has 1 aliphatic rings. The first-order valence-electron chi connectivity index (χ1n) is 9.62. The molecule has 0 amide bonds. The Kier molecular flexibility index (Phi) is 5.86. The summed E-state index contributed by atoms with van der Waals surface area (Å²) in [5.41, 5.74) is 1.65. The van der Waals surface area contributed by atoms with Gasteiger partial charge in [-0.15, -0.1) is 0 Å². The minimum absolute atomic E-state index is 0.212. The van der Waals surface area contributed by atoms with Crippen molar-refractivity contribution in [2.75, 3.05) is 6.54 Å². The summed E-state index contributed by atoms with van der Waals surface area (Å²) < 4.78 is 34.0. The second kappa shape index (κ2) is 8.88. The van der Waals surface area contributed by atoms with E-state index in [1.807, 2.05) is 30.5 Å². The number of hydrogen-bond donors (Lipinski definition) is 2. The van der Waals surface area contributed by atoms with Crippen LogP contribution >= 0.6 is 0 Å². The molecule has 5 heteroatoms. The van der Waals surface area contributed by atoms with E-state index in [1.165, 1.54) is 6.08 Å². The zero-order valence-electron chi connectivity index (χ0n) is 15.9. The third-order valence-corrected chi connectivity index (χ3v) is 4.82. The highest BCUT2D eigenvalue weighted by Gasteiger charge is 2.10. The summed E-state index contributed by atoms with van der Waals surface area (Å²) in [6.07, 6.45) is 8.32. The van der Waals surface area contributed by atoms with E-state index in [1.54, 1.807) is 42.5 Å². The Morgan fingerprint density at radius 3 is 2.76 bits per heavy atom. The summed E-state index contributed by atoms with van der Waals surface area (Å²) in [5.74, 6) is 0.452. The number of para-hydroxylation sites is 1. The summed E-state index contributed by atoms with van der Waals surface area (Å²) in [4.78, 5) is 3.12. The molecule has 2 N–H and O–H groups in total. The maximum atomic E-state index is 14.7. The maximum absolute atomic E-state index is 14.7. The molecule has 1 atom stereocenters. The van der Waals surface area contributed by atoms with Gasteiger partial charge in [-0.3, -0.25) is 0 Å². The Morgan fingerprint density at radius 2 is 1.90 bits per heavy atom. The number of fused-ring (bicyclic) bond motifs is 1. The van der Waals surface area contributed by atoms with E-state index in [-0.39, 0.29) is 11.6 Å². The standard InChI is InChI=1S/C24H22F2N2O/c25-19-7-5-10-21-17(16-28-22(21)14-19)12-13-27-15-18-6-4-11-23(24(18)26)29-20-8-2-1-3-9-20/h1-11,14,16,19,27-28H,12-13,15H2. The first kappa shape index (κ1) is 19.2. The molecule has 29 heavy (non-hydrogen) atoms. The second-order valence-electron chi connectivity index (χ2n) is 6.88. The number of halogens is 2. The van der Waals surface area contributed by atoms with Gasteiger partial charge in [-0.1, -0.05) is 42.5 Å². The van der Waals surface area contributed by atoms with E-state index in [9.17, 15) is 8.78 Å². The highest BCUT2D eigenvalue weighted by Crippen LogP contribution is 2.26. The van der Waals surface area contributed by atoms with Crippen LogP contribution in [-0.2, 0) is 13.0 Å². The number of nitrogens with one attached hydrogen (secondary N) is 2. The van der Waals surface area contributed by atoms with Crippen molar-refractivity contribution in [3.8, 4) is 11.5 Å². The van der Waals surface area contributed by atoms with Crippen molar-refractivity contribution in [3.05, 3.63) is 94.4 Å². The van der Waals surface area contributed by atoms with Crippen LogP contribution in [0.4, 0.5) is 8.78 Å². The summed E-state index contributed by atoms with van der Waals surface area (Å²) >= 11 is 0. The van der Waals surface area contributed by atoms with Crippen LogP contribution in [0.15, 0.2) is 66.9 Å². The van der Waals surface area contributed by atoms with Gasteiger partial charge in [0.05, 0.1) is 0 Å². The number of rotatable bonds is 7. The molecule has 0 fully saturated rings. The summed E-state index contributed by atoms with van der Waals surface area (Å²) in [6, 6.07) is 14.3. The number of aromatic amines is 1. The van der Waals surface area contributed by atoms with Crippen LogP contribution in [0.25, 0.3) is 12.2 Å². The highest BCUT2D eigenvalue weighted by molar-refractivity contribution is 5.47. The molecule has 0 saturated carbocycles. The third kappa shape index (κ3) is 4.63. The van der Waals surface area contributed by atoms with E-state index in [0.29, 0.717) is 24.4 Å². The minimum atomic E-state index is -1.08. The van der Waals surface area contributed by atoms with Crippen LogP contribution in [0.2, 0.25) is 0 Å². The molecule has 1 unspecified atom stereocenters. The van der Waals surface area contributed by atoms with Crippen LogP contribution in [0.5, 0.6) is 11.5 Å². The van der Waals surface area contributed by atoms with Crippen LogP contribution in [0, 0.1) is 5.82 Å². The topological polar surface area (TPSA) is 37.0 Å². The van der Waals surface area contributed by atoms with Crippen molar-refractivity contribution in [1.82, 2.24) is 10.3 Å². The van der Waals surface area contributed by atoms with Crippen LogP contribution < -0.4 is 20.6 Å². The lowest BCUT2D eigenvalue weighted by molar-refractivity contribution is 0.436. The lowest BCUT2D eigenvalue weighted by atomic mass is 10.1. The van der Waals surface area contributed by atoms with Crippen molar-refractivity contribution in [3.63, 3.8) is 0 Å². The van der Waals surface area contributed by atoms with Crippen LogP contribution in [0.3, 0.4) is 0 Å². The van der Waals surface area contributed by atoms with Gasteiger partial charge in [0, 0.05) is 28.9 Å². The molecule has 0 saturated heterocycles. The molecule has 0 aliphatic heterocycles. The van der Waals surface area contributed by atoms with Crippen LogP contribution in [0.1, 0.15) is 11.1 Å². The lowest BCUT2D eigenvalue weighted by Crippen LogP contribution is -2.27. The minimum Gasteiger partial charge on any atom is -0.454 e. The van der Waals surface area contributed by atoms with Gasteiger partial charge in [-0.05, 0) is 48.9 Å². The zero-order chi connectivity index (χ0) is 20.1. The molecule has 1 aliphatic carbocycles. The maximum Gasteiger partial charge on any atom is 0.170 e. The average Bonchev–Trinajstić information content (AvgIpc) is 2.99. The smallest absolute Gasteiger partial charge is 0.170 e. The van der Waals surface area contributed by atoms with Crippen LogP contribution in [-0.4, -0.2) is 17.7 Å². The number of ether oxygens (including phenoxy) is 1. The van der Waals surface area contributed by atoms with Gasteiger partial charge in [0.1, 0.15) is 11.9 Å². The molecule has 0 radical (unpaired) electrons. The van der Waals surface area contributed by atoms with Gasteiger partial charge in [-0.25, -0.2) is 8.78 Å². The Balaban J connectivity index is 1.37. The second-order valence-corrected chi connectivity index (χ2v) is 6.88. The molecule has 0 spiro atoms. The van der Waals surface area contributed by atoms with E-state index in [4.69, 9.17) is 4.74 Å². The number of alkyl halides is 1. The Labute approximate surface area is 168 Å². The van der Waals surface area contributed by atoms with Crippen molar-refractivity contribution < 1.29 is 13.5 Å². The van der Waals surface area contributed by atoms with Gasteiger partial charge in [0.15, 0.2) is 11.6 Å². The van der Waals surface area contributed by atoms with E-state index >= 15 is 0 Å². The van der Waals surface area contributed by atoms with E-state index < -0.39 is 6.17 Å². The summed E-state index contributed by atoms with van der Waals surface area (Å²) in [7, 11) is 0. The quantitative estimate of drug-likeness (QED) is 0.601. The summed E-state index contributed by atoms with van der Waals surface area (Å²) in [5, 5.41) is 5.08. The molecular weight excluding hydrogens is 370 g/mol. The largest absolute Gasteiger partial charge is 0.454 e. The molecule has 0 bridgehead atoms. The van der Waals surface area contributed by atoms with Gasteiger partial charge in [0.25, 0.3) is 0 Å². The molecule has 3 nitrogen and oxygen atoms in total. The fraction of sp³-hybridized carbons (Fsp3) is 0.167. The fourth-order valence-corrected chi connectivity index (χ4v) is 3.34. The number of hydrogen-bond acceptors (Lipinski definition) is 2. The zero-order valence-corrected chi connectivity index (χ0v) is 15.9. The number of benzene rings is 2. The fourth-order valence-electron chi connectivity index (χ4n) is 3.34. The predicted octanol–water partition coefficient (Wildman–Crippen LogP) is 3.75. The number of H-pyrrole nitrogens is 1. The van der Waals surface area contributed by atoms with Gasteiger partial charge >= 0.3 is 0 Å². The first-order chi connectivity index (χ1) is 14.2. The lowest BCUT2D eigenvalue weighted by Gasteiger charge is -2.10. The highest BCUT2D eigenvalue weighted by atomic mass is 19.1. The first-order valence-corrected chi connectivity index (χ1v) is 9.62. The van der Waals surface area contributed by atoms with Crippen molar-refractivity contribution >= 4 is 12.2 Å². The van der Waals surface area contributed by atoms with E-state index in [0.717, 1.165) is 22.6 Å². The SMILES string of the molecule is Fc1c(CNCCc2c[nH]c3c2=CC=CC(F)C=3)cccc1Oc1ccccc1. The average molecular weight is 392 g/mol. The molecule has 148 valence electrons. The molecule has 2 aromatic carbocycles. The number of aromatic nitrogens is 1. The Bertz CT molecular complexity index is 1120. The monoisotopic (exact) mass is 392 g/mol. The van der Waals surface area contributed by atoms with Gasteiger partial charge < -0.3 is 15.0 Å². The van der Waals surface area contributed by atoms with Crippen molar-refractivity contribution in [1.29, 1.82) is 0 Å². The Morgan fingerprint density at radius 1 is 1.03 bits per heavy atom. The molecular formula is C24H22F2N2O. The normalized spacial score (nSPS) is 15.2. The predicted molar refractivity (Wildman–Crippen MR) is 111 cm³/mol. The van der Waals surface area contributed by atoms with Gasteiger partial charge in [0.2, 0.25) is 0 Å². The molecule has 1 heterocycles. The third-order valence-electron chi connectivity index (χ3n) is 4.82. The molecule has 3 aromatic rings. The van der Waals surface area contributed by atoms with Gasteiger partial charge in [-0.2, -0.15) is 0 Å².